The van der Waals surface area contributed by atoms with E-state index in [0.717, 1.165) is 24.3 Å². The van der Waals surface area contributed by atoms with E-state index in [1.807, 2.05) is 4.72 Å². The normalized spacial score (nSPS) is 17.6. The molecule has 1 saturated heterocycles. The first-order chi connectivity index (χ1) is 18.0. The van der Waals surface area contributed by atoms with Gasteiger partial charge >= 0.3 is 12.3 Å². The number of amides is 2. The van der Waals surface area contributed by atoms with E-state index < -0.39 is 51.1 Å². The fraction of sp³-hybridized carbons (Fsp3) is 0.231. The van der Waals surface area contributed by atoms with Gasteiger partial charge < -0.3 is 4.74 Å². The highest BCUT2D eigenvalue weighted by atomic mass is 35.5. The second-order valence-corrected chi connectivity index (χ2v) is 10.8. The van der Waals surface area contributed by atoms with Crippen molar-refractivity contribution in [2.75, 3.05) is 6.61 Å². The van der Waals surface area contributed by atoms with E-state index in [9.17, 15) is 31.2 Å². The fourth-order valence-electron chi connectivity index (χ4n) is 4.26. The van der Waals surface area contributed by atoms with Crippen molar-refractivity contribution in [1.29, 1.82) is 0 Å². The molecule has 38 heavy (non-hydrogen) atoms. The van der Waals surface area contributed by atoms with Crippen LogP contribution in [-0.2, 0) is 26.0 Å². The Morgan fingerprint density at radius 3 is 2.16 bits per heavy atom. The van der Waals surface area contributed by atoms with Crippen molar-refractivity contribution in [3.8, 4) is 0 Å². The van der Waals surface area contributed by atoms with Crippen LogP contribution in [0.3, 0.4) is 0 Å². The number of imide groups is 1. The molecule has 0 radical (unpaired) electrons. The average Bonchev–Trinajstić information content (AvgIpc) is 3.23. The molecule has 3 aromatic rings. The third-order valence-electron chi connectivity index (χ3n) is 6.03. The zero-order chi connectivity index (χ0) is 27.5. The maximum Gasteiger partial charge on any atom is 0.417 e. The summed E-state index contributed by atoms with van der Waals surface area (Å²) in [5, 5.41) is 0.206. The van der Waals surface area contributed by atoms with Crippen molar-refractivity contribution in [3.63, 3.8) is 0 Å². The molecule has 12 heteroatoms. The van der Waals surface area contributed by atoms with Crippen LogP contribution >= 0.6 is 11.6 Å². The van der Waals surface area contributed by atoms with Gasteiger partial charge in [0.15, 0.2) is 0 Å². The maximum atomic E-state index is 14.5. The van der Waals surface area contributed by atoms with Gasteiger partial charge in [-0.1, -0.05) is 72.3 Å². The predicted octanol–water partition coefficient (Wildman–Crippen LogP) is 4.92. The van der Waals surface area contributed by atoms with Crippen molar-refractivity contribution in [2.24, 2.45) is 0 Å². The van der Waals surface area contributed by atoms with E-state index in [0.29, 0.717) is 10.5 Å². The number of hydrogen-bond donors (Lipinski definition) is 1. The van der Waals surface area contributed by atoms with Crippen LogP contribution in [0.2, 0.25) is 5.02 Å². The molecule has 0 aromatic heterocycles. The van der Waals surface area contributed by atoms with Gasteiger partial charge in [-0.3, -0.25) is 4.79 Å². The summed E-state index contributed by atoms with van der Waals surface area (Å²) in [7, 11) is -4.67. The molecule has 0 aliphatic carbocycles. The lowest BCUT2D eigenvalue weighted by Gasteiger charge is -2.32. The van der Waals surface area contributed by atoms with Gasteiger partial charge in [-0.15, -0.1) is 0 Å². The number of nitrogens with zero attached hydrogens (tertiary/aromatic N) is 1. The maximum absolute atomic E-state index is 14.5. The molecule has 3 aromatic carbocycles. The summed E-state index contributed by atoms with van der Waals surface area (Å²) < 4.78 is 76.9. The minimum Gasteiger partial charge on any atom is -0.447 e. The summed E-state index contributed by atoms with van der Waals surface area (Å²) in [4.78, 5) is 26.5. The third kappa shape index (κ3) is 6.17. The molecule has 0 bridgehead atoms. The number of sulfonamides is 1. The highest BCUT2D eigenvalue weighted by molar-refractivity contribution is 7.89. The minimum atomic E-state index is -5.07. The number of ether oxygens (including phenoxy) is 1. The molecule has 0 spiro atoms. The predicted molar refractivity (Wildman–Crippen MR) is 133 cm³/mol. The van der Waals surface area contributed by atoms with Crippen molar-refractivity contribution >= 4 is 33.6 Å². The lowest BCUT2D eigenvalue weighted by Crippen LogP contribution is -2.56. The Hall–Kier alpha value is -3.41. The number of carbonyl (C=O) groups excluding carboxylic acids is 2. The summed E-state index contributed by atoms with van der Waals surface area (Å²) in [6.07, 6.45) is -6.11. The van der Waals surface area contributed by atoms with Gasteiger partial charge in [0.25, 0.3) is 5.91 Å². The van der Waals surface area contributed by atoms with Crippen molar-refractivity contribution in [3.05, 3.63) is 101 Å². The molecule has 1 fully saturated rings. The average molecular weight is 567 g/mol. The molecule has 1 N–H and O–H groups in total. The Kier molecular flexibility index (Phi) is 8.10. The summed E-state index contributed by atoms with van der Waals surface area (Å²) >= 11 is 5.82. The van der Waals surface area contributed by atoms with Crippen molar-refractivity contribution in [1.82, 2.24) is 9.62 Å². The first-order valence-corrected chi connectivity index (χ1v) is 13.3. The van der Waals surface area contributed by atoms with E-state index in [1.54, 1.807) is 30.3 Å². The van der Waals surface area contributed by atoms with Gasteiger partial charge in [0.1, 0.15) is 18.6 Å². The van der Waals surface area contributed by atoms with Gasteiger partial charge in [-0.25, -0.2) is 18.1 Å². The summed E-state index contributed by atoms with van der Waals surface area (Å²) in [6, 6.07) is 16.5. The van der Waals surface area contributed by atoms with E-state index in [-0.39, 0.29) is 23.6 Å². The second kappa shape index (κ2) is 11.1. The number of nitrogens with one attached hydrogen (secondary N) is 1. The lowest BCUT2D eigenvalue weighted by atomic mass is 9.90. The van der Waals surface area contributed by atoms with Crippen LogP contribution in [0.4, 0.5) is 18.0 Å². The topological polar surface area (TPSA) is 92.8 Å². The molecule has 7 nitrogen and oxygen atoms in total. The zero-order valence-corrected chi connectivity index (χ0v) is 21.2. The largest absolute Gasteiger partial charge is 0.447 e. The van der Waals surface area contributed by atoms with E-state index in [1.165, 1.54) is 30.3 Å². The molecule has 1 heterocycles. The number of cyclic esters (lactones) is 1. The Labute approximate surface area is 222 Å². The highest BCUT2D eigenvalue weighted by Crippen LogP contribution is 2.39. The minimum absolute atomic E-state index is 0.108. The second-order valence-electron chi connectivity index (χ2n) is 8.61. The van der Waals surface area contributed by atoms with Gasteiger partial charge in [0, 0.05) is 5.02 Å². The van der Waals surface area contributed by atoms with Crippen LogP contribution < -0.4 is 4.72 Å². The molecule has 1 aliphatic rings. The number of hydrogen-bond acceptors (Lipinski definition) is 5. The van der Waals surface area contributed by atoms with Gasteiger partial charge in [0.2, 0.25) is 10.0 Å². The van der Waals surface area contributed by atoms with Gasteiger partial charge in [-0.2, -0.15) is 17.9 Å². The molecular weight excluding hydrogens is 545 g/mol. The molecule has 200 valence electrons. The molecule has 4 rings (SSSR count). The molecule has 0 saturated carbocycles. The van der Waals surface area contributed by atoms with Crippen LogP contribution in [0, 0.1) is 0 Å². The zero-order valence-electron chi connectivity index (χ0n) is 19.6. The van der Waals surface area contributed by atoms with Gasteiger partial charge in [0.05, 0.1) is 10.9 Å². The SMILES string of the molecule is O=C1OC[C@H](Cc2ccccc2)N1C(=O)[C@@H](NS(=O)(=O)c1ccc(Cl)cc1)[C@@H](c1ccccc1)C(F)(F)F. The number of benzene rings is 3. The molecule has 1 aliphatic heterocycles. The van der Waals surface area contributed by atoms with E-state index >= 15 is 0 Å². The molecule has 3 atom stereocenters. The van der Waals surface area contributed by atoms with E-state index in [2.05, 4.69) is 0 Å². The Balaban J connectivity index is 1.77. The quantitative estimate of drug-likeness (QED) is 0.418. The first-order valence-electron chi connectivity index (χ1n) is 11.4. The third-order valence-corrected chi connectivity index (χ3v) is 7.74. The van der Waals surface area contributed by atoms with Crippen LogP contribution in [0.1, 0.15) is 17.0 Å². The van der Waals surface area contributed by atoms with Crippen molar-refractivity contribution < 1.29 is 35.9 Å². The number of rotatable bonds is 8. The molecule has 2 amide bonds. The number of halogens is 4. The highest BCUT2D eigenvalue weighted by Gasteiger charge is 2.53. The molecular formula is C26H22ClF3N2O5S. The summed E-state index contributed by atoms with van der Waals surface area (Å²) in [5.41, 5.74) is 0.353. The van der Waals surface area contributed by atoms with Gasteiger partial charge in [-0.05, 0) is 41.8 Å². The Bertz CT molecular complexity index is 1390. The summed E-state index contributed by atoms with van der Waals surface area (Å²) in [6.45, 7) is -0.252. The fourth-order valence-corrected chi connectivity index (χ4v) is 5.59. The van der Waals surface area contributed by atoms with Crippen LogP contribution in [0.5, 0.6) is 0 Å². The Morgan fingerprint density at radius 1 is 1.00 bits per heavy atom. The summed E-state index contributed by atoms with van der Waals surface area (Å²) in [5.74, 6) is -3.99. The first kappa shape index (κ1) is 27.6. The Morgan fingerprint density at radius 2 is 1.58 bits per heavy atom. The number of alkyl halides is 3. The lowest BCUT2D eigenvalue weighted by molar-refractivity contribution is -0.164. The smallest absolute Gasteiger partial charge is 0.417 e. The van der Waals surface area contributed by atoms with E-state index in [4.69, 9.17) is 16.3 Å². The van der Waals surface area contributed by atoms with Crippen LogP contribution in [0.25, 0.3) is 0 Å². The number of carbonyl (C=O) groups is 2. The van der Waals surface area contributed by atoms with Crippen LogP contribution in [0.15, 0.2) is 89.8 Å². The van der Waals surface area contributed by atoms with Crippen LogP contribution in [-0.4, -0.2) is 50.2 Å². The molecule has 0 unspecified atom stereocenters. The standard InChI is InChI=1S/C26H22ClF3N2O5S/c27-19-11-13-21(14-12-19)38(35,36)31-23(22(26(28,29)30)18-9-5-2-6-10-18)24(33)32-20(16-37-25(32)34)15-17-7-3-1-4-8-17/h1-14,20,22-23,31H,15-16H2/t20-,22+,23-/m0/s1. The monoisotopic (exact) mass is 566 g/mol. The van der Waals surface area contributed by atoms with Crippen molar-refractivity contribution in [2.45, 2.75) is 35.5 Å².